The molecule has 2 aromatic carbocycles. The third kappa shape index (κ3) is 5.29. The number of aliphatic hydroxyl groups is 2. The normalized spacial score (nSPS) is 22.9. The van der Waals surface area contributed by atoms with Gasteiger partial charge in [0.15, 0.2) is 0 Å². The maximum Gasteiger partial charge on any atom is 0.119 e. The zero-order valence-electron chi connectivity index (χ0n) is 14.9. The standard InChI is InChI=1S/C21H27NO4/c23-19-13-22-14-20(24)21(19)17-7-9-18(10-8-17)26-12-4-11-25-15-16-5-2-1-3-6-16/h1-3,5-10,19-24H,4,11-15H2. The average molecular weight is 357 g/mol. The van der Waals surface area contributed by atoms with Crippen LogP contribution in [0.3, 0.4) is 0 Å². The van der Waals surface area contributed by atoms with Crippen LogP contribution in [0.4, 0.5) is 0 Å². The lowest BCUT2D eigenvalue weighted by Crippen LogP contribution is -2.48. The minimum atomic E-state index is -0.577. The lowest BCUT2D eigenvalue weighted by atomic mass is 9.86. The van der Waals surface area contributed by atoms with Crippen LogP contribution in [0.15, 0.2) is 54.6 Å². The first kappa shape index (κ1) is 18.9. The molecule has 1 fully saturated rings. The summed E-state index contributed by atoms with van der Waals surface area (Å²) in [5.41, 5.74) is 2.11. The summed E-state index contributed by atoms with van der Waals surface area (Å²) >= 11 is 0. The summed E-state index contributed by atoms with van der Waals surface area (Å²) in [5.74, 6) is 0.534. The molecule has 1 aliphatic heterocycles. The minimum absolute atomic E-state index is 0.253. The molecular weight excluding hydrogens is 330 g/mol. The molecule has 140 valence electrons. The Morgan fingerprint density at radius 1 is 0.885 bits per heavy atom. The summed E-state index contributed by atoms with van der Waals surface area (Å²) in [4.78, 5) is 0. The predicted molar refractivity (Wildman–Crippen MR) is 100 cm³/mol. The molecule has 2 aromatic rings. The first-order valence-corrected chi connectivity index (χ1v) is 9.15. The fourth-order valence-corrected chi connectivity index (χ4v) is 3.24. The van der Waals surface area contributed by atoms with E-state index in [4.69, 9.17) is 9.47 Å². The highest BCUT2D eigenvalue weighted by atomic mass is 16.5. The highest BCUT2D eigenvalue weighted by molar-refractivity contribution is 5.31. The maximum atomic E-state index is 10.1. The Bertz CT molecular complexity index is 637. The second-order valence-electron chi connectivity index (χ2n) is 6.63. The second kappa shape index (κ2) is 9.69. The number of rotatable bonds is 8. The van der Waals surface area contributed by atoms with E-state index in [0.29, 0.717) is 32.9 Å². The number of aliphatic hydroxyl groups excluding tert-OH is 2. The largest absolute Gasteiger partial charge is 0.494 e. The number of nitrogens with one attached hydrogen (secondary N) is 1. The molecule has 1 aliphatic rings. The van der Waals surface area contributed by atoms with E-state index < -0.39 is 12.2 Å². The zero-order valence-corrected chi connectivity index (χ0v) is 14.9. The van der Waals surface area contributed by atoms with Gasteiger partial charge in [0.1, 0.15) is 5.75 Å². The van der Waals surface area contributed by atoms with Crippen molar-refractivity contribution in [3.05, 3.63) is 65.7 Å². The van der Waals surface area contributed by atoms with E-state index in [2.05, 4.69) is 5.32 Å². The highest BCUT2D eigenvalue weighted by Gasteiger charge is 2.31. The van der Waals surface area contributed by atoms with Crippen molar-refractivity contribution in [1.29, 1.82) is 0 Å². The predicted octanol–water partition coefficient (Wildman–Crippen LogP) is 2.08. The Labute approximate surface area is 154 Å². The van der Waals surface area contributed by atoms with Gasteiger partial charge in [0.2, 0.25) is 0 Å². The zero-order chi connectivity index (χ0) is 18.2. The molecule has 0 amide bonds. The maximum absolute atomic E-state index is 10.1. The Morgan fingerprint density at radius 3 is 2.27 bits per heavy atom. The van der Waals surface area contributed by atoms with Gasteiger partial charge in [-0.05, 0) is 23.3 Å². The van der Waals surface area contributed by atoms with Crippen LogP contribution in [-0.4, -0.2) is 48.7 Å². The van der Waals surface area contributed by atoms with E-state index >= 15 is 0 Å². The summed E-state index contributed by atoms with van der Waals surface area (Å²) < 4.78 is 11.4. The highest BCUT2D eigenvalue weighted by Crippen LogP contribution is 2.27. The van der Waals surface area contributed by atoms with Crippen molar-refractivity contribution in [2.75, 3.05) is 26.3 Å². The molecule has 0 saturated carbocycles. The van der Waals surface area contributed by atoms with Crippen LogP contribution in [0.2, 0.25) is 0 Å². The Kier molecular flexibility index (Phi) is 7.03. The van der Waals surface area contributed by atoms with E-state index in [9.17, 15) is 10.2 Å². The molecular formula is C21H27NO4. The molecule has 2 unspecified atom stereocenters. The topological polar surface area (TPSA) is 71.0 Å². The molecule has 0 radical (unpaired) electrons. The van der Waals surface area contributed by atoms with Crippen LogP contribution in [0, 0.1) is 0 Å². The number of β-amino-alcohol motifs (C(OH)–C–C–N with tert-alkyl or cyclic N) is 2. The van der Waals surface area contributed by atoms with Crippen molar-refractivity contribution < 1.29 is 19.7 Å². The van der Waals surface area contributed by atoms with Crippen molar-refractivity contribution in [3.8, 4) is 5.75 Å². The van der Waals surface area contributed by atoms with Gasteiger partial charge in [-0.1, -0.05) is 42.5 Å². The van der Waals surface area contributed by atoms with Gasteiger partial charge in [-0.25, -0.2) is 0 Å². The fraction of sp³-hybridized carbons (Fsp3) is 0.429. The van der Waals surface area contributed by atoms with E-state index in [0.717, 1.165) is 17.7 Å². The van der Waals surface area contributed by atoms with Crippen LogP contribution in [-0.2, 0) is 11.3 Å². The van der Waals surface area contributed by atoms with Crippen LogP contribution in [0.1, 0.15) is 23.5 Å². The lowest BCUT2D eigenvalue weighted by molar-refractivity contribution is 0.0264. The summed E-state index contributed by atoms with van der Waals surface area (Å²) in [6.07, 6.45) is -0.333. The van der Waals surface area contributed by atoms with E-state index in [-0.39, 0.29) is 5.92 Å². The van der Waals surface area contributed by atoms with Crippen molar-refractivity contribution in [1.82, 2.24) is 5.32 Å². The van der Waals surface area contributed by atoms with Gasteiger partial charge in [-0.2, -0.15) is 0 Å². The molecule has 0 aromatic heterocycles. The average Bonchev–Trinajstić information content (AvgIpc) is 2.66. The van der Waals surface area contributed by atoms with Crippen LogP contribution in [0.5, 0.6) is 5.75 Å². The first-order chi connectivity index (χ1) is 12.7. The smallest absolute Gasteiger partial charge is 0.119 e. The first-order valence-electron chi connectivity index (χ1n) is 9.15. The van der Waals surface area contributed by atoms with Crippen molar-refractivity contribution in [2.24, 2.45) is 0 Å². The summed E-state index contributed by atoms with van der Waals surface area (Å²) in [7, 11) is 0. The van der Waals surface area contributed by atoms with Gasteiger partial charge in [0.25, 0.3) is 0 Å². The Morgan fingerprint density at radius 2 is 1.58 bits per heavy atom. The molecule has 1 saturated heterocycles. The molecule has 5 nitrogen and oxygen atoms in total. The Hall–Kier alpha value is -1.92. The monoisotopic (exact) mass is 357 g/mol. The number of benzene rings is 2. The molecule has 26 heavy (non-hydrogen) atoms. The SMILES string of the molecule is OC1CNCC(O)C1c1ccc(OCCCOCc2ccccc2)cc1. The summed E-state index contributed by atoms with van der Waals surface area (Å²) in [6, 6.07) is 17.7. The van der Waals surface area contributed by atoms with Gasteiger partial charge >= 0.3 is 0 Å². The van der Waals surface area contributed by atoms with Crippen LogP contribution < -0.4 is 10.1 Å². The van der Waals surface area contributed by atoms with E-state index in [1.54, 1.807) is 0 Å². The Balaban J connectivity index is 1.38. The lowest BCUT2D eigenvalue weighted by Gasteiger charge is -2.33. The molecule has 0 spiro atoms. The van der Waals surface area contributed by atoms with Crippen LogP contribution in [0.25, 0.3) is 0 Å². The van der Waals surface area contributed by atoms with Crippen molar-refractivity contribution in [2.45, 2.75) is 31.2 Å². The quantitative estimate of drug-likeness (QED) is 0.631. The fourth-order valence-electron chi connectivity index (χ4n) is 3.24. The molecule has 0 aliphatic carbocycles. The number of ether oxygens (including phenoxy) is 2. The van der Waals surface area contributed by atoms with Crippen LogP contribution >= 0.6 is 0 Å². The summed E-state index contributed by atoms with van der Waals surface area (Å²) in [5, 5.41) is 23.2. The third-order valence-corrected chi connectivity index (χ3v) is 4.61. The molecule has 3 rings (SSSR count). The second-order valence-corrected chi connectivity index (χ2v) is 6.63. The third-order valence-electron chi connectivity index (χ3n) is 4.61. The molecule has 0 bridgehead atoms. The van der Waals surface area contributed by atoms with E-state index in [1.807, 2.05) is 54.6 Å². The summed E-state index contributed by atoms with van der Waals surface area (Å²) in [6.45, 7) is 2.87. The molecule has 3 N–H and O–H groups in total. The molecule has 2 atom stereocenters. The number of piperidine rings is 1. The minimum Gasteiger partial charge on any atom is -0.494 e. The van der Waals surface area contributed by atoms with E-state index in [1.165, 1.54) is 5.56 Å². The van der Waals surface area contributed by atoms with Gasteiger partial charge < -0.3 is 25.0 Å². The van der Waals surface area contributed by atoms with Crippen molar-refractivity contribution >= 4 is 0 Å². The van der Waals surface area contributed by atoms with Gasteiger partial charge in [-0.3, -0.25) is 0 Å². The van der Waals surface area contributed by atoms with Gasteiger partial charge in [0.05, 0.1) is 32.0 Å². The number of hydrogen-bond acceptors (Lipinski definition) is 5. The van der Waals surface area contributed by atoms with Gasteiger partial charge in [0, 0.05) is 25.4 Å². The number of hydrogen-bond donors (Lipinski definition) is 3. The van der Waals surface area contributed by atoms with Crippen molar-refractivity contribution in [3.63, 3.8) is 0 Å². The van der Waals surface area contributed by atoms with Gasteiger partial charge in [-0.15, -0.1) is 0 Å². The molecule has 1 heterocycles. The molecule has 5 heteroatoms.